The standard InChI is InChI=1S/C15H16O4/c1-3-6-12(15(17)18-2)9-10-19-14-8-5-4-7-13(14)11-16/h3-5,7-9,11H,1,6,10H2,2H3/b12-9+. The maximum atomic E-state index is 11.4. The van der Waals surface area contributed by atoms with E-state index in [1.54, 1.807) is 36.4 Å². The van der Waals surface area contributed by atoms with Crippen molar-refractivity contribution in [2.45, 2.75) is 6.42 Å². The second-order valence-corrected chi connectivity index (χ2v) is 3.68. The Morgan fingerprint density at radius 2 is 2.11 bits per heavy atom. The number of benzene rings is 1. The van der Waals surface area contributed by atoms with Crippen LogP contribution in [0, 0.1) is 0 Å². The molecule has 0 aliphatic carbocycles. The van der Waals surface area contributed by atoms with Crippen molar-refractivity contribution in [3.63, 3.8) is 0 Å². The van der Waals surface area contributed by atoms with E-state index in [0.717, 1.165) is 6.29 Å². The summed E-state index contributed by atoms with van der Waals surface area (Å²) >= 11 is 0. The van der Waals surface area contributed by atoms with Gasteiger partial charge in [-0.05, 0) is 24.6 Å². The lowest BCUT2D eigenvalue weighted by Gasteiger charge is -2.07. The number of aldehydes is 1. The molecule has 1 aromatic rings. The first kappa shape index (κ1) is 14.7. The van der Waals surface area contributed by atoms with Crippen molar-refractivity contribution in [1.29, 1.82) is 0 Å². The largest absolute Gasteiger partial charge is 0.489 e. The average molecular weight is 260 g/mol. The van der Waals surface area contributed by atoms with E-state index < -0.39 is 5.97 Å². The summed E-state index contributed by atoms with van der Waals surface area (Å²) in [5.41, 5.74) is 0.945. The van der Waals surface area contributed by atoms with Crippen LogP contribution in [0.2, 0.25) is 0 Å². The zero-order valence-corrected chi connectivity index (χ0v) is 10.8. The summed E-state index contributed by atoms with van der Waals surface area (Å²) in [7, 11) is 1.32. The first-order valence-corrected chi connectivity index (χ1v) is 5.78. The van der Waals surface area contributed by atoms with Gasteiger partial charge in [0.1, 0.15) is 12.4 Å². The highest BCUT2D eigenvalue weighted by Crippen LogP contribution is 2.16. The van der Waals surface area contributed by atoms with Crippen molar-refractivity contribution in [3.05, 3.63) is 54.1 Å². The van der Waals surface area contributed by atoms with E-state index in [4.69, 9.17) is 4.74 Å². The lowest BCUT2D eigenvalue weighted by atomic mass is 10.2. The van der Waals surface area contributed by atoms with Gasteiger partial charge in [0.05, 0.1) is 12.7 Å². The molecule has 0 heterocycles. The van der Waals surface area contributed by atoms with E-state index in [1.165, 1.54) is 7.11 Å². The third-order valence-corrected chi connectivity index (χ3v) is 2.43. The molecule has 0 amide bonds. The topological polar surface area (TPSA) is 52.6 Å². The molecule has 4 nitrogen and oxygen atoms in total. The van der Waals surface area contributed by atoms with Crippen molar-refractivity contribution >= 4 is 12.3 Å². The Hall–Kier alpha value is -2.36. The molecule has 0 aliphatic heterocycles. The number of carbonyl (C=O) groups is 2. The molecular weight excluding hydrogens is 244 g/mol. The molecule has 1 rings (SSSR count). The highest BCUT2D eigenvalue weighted by Gasteiger charge is 2.07. The minimum atomic E-state index is -0.410. The van der Waals surface area contributed by atoms with Crippen molar-refractivity contribution in [1.82, 2.24) is 0 Å². The molecule has 0 N–H and O–H groups in total. The summed E-state index contributed by atoms with van der Waals surface area (Å²) in [5.74, 6) is 0.0729. The lowest BCUT2D eigenvalue weighted by molar-refractivity contribution is -0.136. The van der Waals surface area contributed by atoms with Crippen LogP contribution in [-0.4, -0.2) is 26.0 Å². The van der Waals surface area contributed by atoms with Gasteiger partial charge in [-0.2, -0.15) is 0 Å². The van der Waals surface area contributed by atoms with Crippen molar-refractivity contribution < 1.29 is 19.1 Å². The Kier molecular flexibility index (Phi) is 6.09. The minimum Gasteiger partial charge on any atom is -0.489 e. The Balaban J connectivity index is 2.71. The second-order valence-electron chi connectivity index (χ2n) is 3.68. The molecule has 100 valence electrons. The summed E-state index contributed by atoms with van der Waals surface area (Å²) in [6.07, 6.45) is 4.37. The average Bonchev–Trinajstić information content (AvgIpc) is 2.46. The summed E-state index contributed by atoms with van der Waals surface area (Å²) in [5, 5.41) is 0. The fourth-order valence-electron chi connectivity index (χ4n) is 1.48. The van der Waals surface area contributed by atoms with E-state index in [1.807, 2.05) is 0 Å². The van der Waals surface area contributed by atoms with Gasteiger partial charge in [-0.3, -0.25) is 4.79 Å². The minimum absolute atomic E-state index is 0.184. The first-order valence-electron chi connectivity index (χ1n) is 5.78. The number of methoxy groups -OCH3 is 1. The maximum Gasteiger partial charge on any atom is 0.333 e. The second kappa shape index (κ2) is 7.87. The van der Waals surface area contributed by atoms with E-state index in [9.17, 15) is 9.59 Å². The molecule has 0 saturated carbocycles. The van der Waals surface area contributed by atoms with E-state index in [0.29, 0.717) is 23.3 Å². The fraction of sp³-hybridized carbons (Fsp3) is 0.200. The monoisotopic (exact) mass is 260 g/mol. The van der Waals surface area contributed by atoms with E-state index in [-0.39, 0.29) is 6.61 Å². The quantitative estimate of drug-likeness (QED) is 0.327. The SMILES string of the molecule is C=CC/C(=C\COc1ccccc1C=O)C(=O)OC. The number of hydrogen-bond acceptors (Lipinski definition) is 4. The molecule has 19 heavy (non-hydrogen) atoms. The van der Waals surface area contributed by atoms with Crippen LogP contribution in [0.4, 0.5) is 0 Å². The molecule has 1 aromatic carbocycles. The lowest BCUT2D eigenvalue weighted by Crippen LogP contribution is -2.06. The number of para-hydroxylation sites is 1. The Bertz CT molecular complexity index is 489. The number of esters is 1. The number of ether oxygens (including phenoxy) is 2. The normalized spacial score (nSPS) is 10.7. The molecule has 0 radical (unpaired) electrons. The van der Waals surface area contributed by atoms with Gasteiger partial charge in [-0.1, -0.05) is 18.2 Å². The van der Waals surface area contributed by atoms with Gasteiger partial charge in [-0.25, -0.2) is 4.79 Å². The fourth-order valence-corrected chi connectivity index (χ4v) is 1.48. The number of rotatable bonds is 7. The summed E-state index contributed by atoms with van der Waals surface area (Å²) in [6, 6.07) is 6.89. The van der Waals surface area contributed by atoms with Crippen LogP contribution >= 0.6 is 0 Å². The van der Waals surface area contributed by atoms with E-state index >= 15 is 0 Å². The van der Waals surface area contributed by atoms with Gasteiger partial charge in [0, 0.05) is 5.57 Å². The number of carbonyl (C=O) groups excluding carboxylic acids is 2. The molecule has 4 heteroatoms. The molecule has 0 atom stereocenters. The van der Waals surface area contributed by atoms with E-state index in [2.05, 4.69) is 11.3 Å². The smallest absolute Gasteiger partial charge is 0.333 e. The van der Waals surface area contributed by atoms with Crippen LogP contribution in [0.1, 0.15) is 16.8 Å². The van der Waals surface area contributed by atoms with Gasteiger partial charge in [0.15, 0.2) is 6.29 Å². The van der Waals surface area contributed by atoms with Gasteiger partial charge < -0.3 is 9.47 Å². The Morgan fingerprint density at radius 1 is 1.37 bits per heavy atom. The molecule has 0 bridgehead atoms. The molecule has 0 aliphatic rings. The highest BCUT2D eigenvalue weighted by molar-refractivity contribution is 5.88. The molecular formula is C15H16O4. The van der Waals surface area contributed by atoms with Gasteiger partial charge in [-0.15, -0.1) is 6.58 Å². The van der Waals surface area contributed by atoms with Crippen molar-refractivity contribution in [2.75, 3.05) is 13.7 Å². The first-order chi connectivity index (χ1) is 9.22. The van der Waals surface area contributed by atoms with Crippen LogP contribution in [-0.2, 0) is 9.53 Å². The summed E-state index contributed by atoms with van der Waals surface area (Å²) < 4.78 is 10.1. The van der Waals surface area contributed by atoms with Crippen molar-refractivity contribution in [2.24, 2.45) is 0 Å². The van der Waals surface area contributed by atoms with Crippen LogP contribution in [0.5, 0.6) is 5.75 Å². The summed E-state index contributed by atoms with van der Waals surface area (Å²) in [6.45, 7) is 3.76. The van der Waals surface area contributed by atoms with Gasteiger partial charge in [0.2, 0.25) is 0 Å². The third kappa shape index (κ3) is 4.43. The Morgan fingerprint density at radius 3 is 2.74 bits per heavy atom. The zero-order chi connectivity index (χ0) is 14.1. The van der Waals surface area contributed by atoms with Crippen LogP contribution in [0.15, 0.2) is 48.6 Å². The maximum absolute atomic E-state index is 11.4. The van der Waals surface area contributed by atoms with Crippen LogP contribution in [0.25, 0.3) is 0 Å². The molecule has 0 unspecified atom stereocenters. The van der Waals surface area contributed by atoms with Crippen LogP contribution in [0.3, 0.4) is 0 Å². The predicted octanol–water partition coefficient (Wildman–Crippen LogP) is 2.55. The zero-order valence-electron chi connectivity index (χ0n) is 10.8. The number of allylic oxidation sites excluding steroid dienone is 1. The highest BCUT2D eigenvalue weighted by atomic mass is 16.5. The van der Waals surface area contributed by atoms with Crippen LogP contribution < -0.4 is 4.74 Å². The Labute approximate surface area is 112 Å². The van der Waals surface area contributed by atoms with Gasteiger partial charge in [0.25, 0.3) is 0 Å². The summed E-state index contributed by atoms with van der Waals surface area (Å²) in [4.78, 5) is 22.2. The van der Waals surface area contributed by atoms with Crippen molar-refractivity contribution in [3.8, 4) is 5.75 Å². The molecule has 0 spiro atoms. The predicted molar refractivity (Wildman–Crippen MR) is 72.2 cm³/mol. The number of hydrogen-bond donors (Lipinski definition) is 0. The van der Waals surface area contributed by atoms with Gasteiger partial charge >= 0.3 is 5.97 Å². The molecule has 0 aromatic heterocycles. The molecule has 0 saturated heterocycles. The molecule has 0 fully saturated rings. The third-order valence-electron chi connectivity index (χ3n) is 2.43.